The summed E-state index contributed by atoms with van der Waals surface area (Å²) in [6.07, 6.45) is 6.53. The Kier molecular flexibility index (Phi) is 7.46. The molecule has 0 amide bonds. The molecule has 1 saturated carbocycles. The molecule has 5 rings (SSSR count). The molecule has 4 aromatic rings. The number of ether oxygens (including phenoxy) is 1. The van der Waals surface area contributed by atoms with Crippen LogP contribution < -0.4 is 9.84 Å². The Labute approximate surface area is 211 Å². The van der Waals surface area contributed by atoms with Gasteiger partial charge in [0.05, 0.1) is 5.97 Å². The molecule has 0 radical (unpaired) electrons. The van der Waals surface area contributed by atoms with Gasteiger partial charge in [0.1, 0.15) is 18.1 Å². The third-order valence-electron chi connectivity index (χ3n) is 6.96. The minimum atomic E-state index is -1.23. The van der Waals surface area contributed by atoms with E-state index in [0.29, 0.717) is 11.7 Å². The largest absolute Gasteiger partial charge is 0.546 e. The van der Waals surface area contributed by atoms with E-state index in [1.54, 1.807) is 6.07 Å². The van der Waals surface area contributed by atoms with Crippen LogP contribution in [0.2, 0.25) is 0 Å². The molecule has 1 aromatic heterocycles. The van der Waals surface area contributed by atoms with E-state index in [2.05, 4.69) is 30.3 Å². The van der Waals surface area contributed by atoms with Crippen LogP contribution in [-0.2, 0) is 11.2 Å². The molecular formula is C31H30NO4-. The highest BCUT2D eigenvalue weighted by molar-refractivity contribution is 5.76. The van der Waals surface area contributed by atoms with Crippen molar-refractivity contribution >= 4 is 5.97 Å². The van der Waals surface area contributed by atoms with Gasteiger partial charge in [-0.15, -0.1) is 0 Å². The second-order valence-corrected chi connectivity index (χ2v) is 9.48. The van der Waals surface area contributed by atoms with Crippen LogP contribution in [-0.4, -0.2) is 17.6 Å². The number of hydrogen-bond donors (Lipinski definition) is 0. The Balaban J connectivity index is 1.47. The average molecular weight is 481 g/mol. The number of benzene rings is 3. The number of carbonyl (C=O) groups excluding carboxylic acids is 1. The van der Waals surface area contributed by atoms with Gasteiger partial charge in [-0.3, -0.25) is 0 Å². The van der Waals surface area contributed by atoms with Crippen LogP contribution in [0.25, 0.3) is 22.6 Å². The molecule has 36 heavy (non-hydrogen) atoms. The zero-order valence-electron chi connectivity index (χ0n) is 20.3. The van der Waals surface area contributed by atoms with Crippen molar-refractivity contribution in [1.82, 2.24) is 4.98 Å². The number of hydrogen-bond acceptors (Lipinski definition) is 5. The van der Waals surface area contributed by atoms with Gasteiger partial charge in [-0.2, -0.15) is 0 Å². The van der Waals surface area contributed by atoms with Gasteiger partial charge < -0.3 is 19.1 Å². The summed E-state index contributed by atoms with van der Waals surface area (Å²) < 4.78 is 12.0. The summed E-state index contributed by atoms with van der Waals surface area (Å²) in [7, 11) is 0. The number of rotatable bonds is 8. The quantitative estimate of drug-likeness (QED) is 0.287. The van der Waals surface area contributed by atoms with Gasteiger partial charge in [-0.1, -0.05) is 92.1 Å². The van der Waals surface area contributed by atoms with Gasteiger partial charge in [-0.25, -0.2) is 4.98 Å². The summed E-state index contributed by atoms with van der Waals surface area (Å²) in [5.41, 5.74) is 4.09. The standard InChI is InChI=1S/C31H31NO4/c33-28(34)21-35-26-17-10-11-22(20-26)19-25-16-8-3-9-18-27(25)31-32-29(23-12-4-1-5-13-23)30(36-31)24-14-6-2-7-15-24/h1-2,4-7,10-15,17,20,25,27H,3,8-9,16,18-19,21H2,(H,33,34)/p-1. The van der Waals surface area contributed by atoms with Gasteiger partial charge in [0.2, 0.25) is 0 Å². The number of aliphatic carboxylic acids is 1. The van der Waals surface area contributed by atoms with E-state index in [9.17, 15) is 9.90 Å². The van der Waals surface area contributed by atoms with Crippen molar-refractivity contribution in [3.05, 3.63) is 96.4 Å². The molecule has 0 bridgehead atoms. The number of carboxylic acid groups (broad SMARTS) is 1. The van der Waals surface area contributed by atoms with E-state index >= 15 is 0 Å². The maximum Gasteiger partial charge on any atom is 0.198 e. The maximum atomic E-state index is 10.8. The second kappa shape index (κ2) is 11.3. The van der Waals surface area contributed by atoms with Gasteiger partial charge in [-0.05, 0) is 42.9 Å². The lowest BCUT2D eigenvalue weighted by atomic mass is 9.83. The van der Waals surface area contributed by atoms with Crippen LogP contribution in [0, 0.1) is 5.92 Å². The van der Waals surface area contributed by atoms with Crippen molar-refractivity contribution in [2.75, 3.05) is 6.61 Å². The highest BCUT2D eigenvalue weighted by Gasteiger charge is 2.31. The molecule has 2 unspecified atom stereocenters. The third kappa shape index (κ3) is 5.68. The van der Waals surface area contributed by atoms with Crippen molar-refractivity contribution in [3.8, 4) is 28.3 Å². The van der Waals surface area contributed by atoms with E-state index in [-0.39, 0.29) is 5.92 Å². The topological polar surface area (TPSA) is 75.4 Å². The van der Waals surface area contributed by atoms with Gasteiger partial charge in [0.25, 0.3) is 0 Å². The monoisotopic (exact) mass is 480 g/mol. The van der Waals surface area contributed by atoms with Crippen LogP contribution >= 0.6 is 0 Å². The first-order chi connectivity index (χ1) is 17.7. The molecule has 0 aliphatic heterocycles. The van der Waals surface area contributed by atoms with E-state index < -0.39 is 12.6 Å². The summed E-state index contributed by atoms with van der Waals surface area (Å²) in [4.78, 5) is 15.9. The van der Waals surface area contributed by atoms with Crippen molar-refractivity contribution in [1.29, 1.82) is 0 Å². The summed E-state index contributed by atoms with van der Waals surface area (Å²) in [6.45, 7) is -0.448. The highest BCUT2D eigenvalue weighted by atomic mass is 16.5. The number of nitrogens with zero attached hydrogens (tertiary/aromatic N) is 1. The lowest BCUT2D eigenvalue weighted by molar-refractivity contribution is -0.307. The number of oxazole rings is 1. The van der Waals surface area contributed by atoms with Crippen molar-refractivity contribution < 1.29 is 19.1 Å². The predicted molar refractivity (Wildman–Crippen MR) is 137 cm³/mol. The smallest absolute Gasteiger partial charge is 0.198 e. The molecule has 5 heteroatoms. The first-order valence-corrected chi connectivity index (χ1v) is 12.7. The Hall–Kier alpha value is -3.86. The van der Waals surface area contributed by atoms with E-state index in [4.69, 9.17) is 14.1 Å². The summed E-state index contributed by atoms with van der Waals surface area (Å²) >= 11 is 0. The van der Waals surface area contributed by atoms with Crippen LogP contribution in [0.4, 0.5) is 0 Å². The molecule has 1 aliphatic rings. The van der Waals surface area contributed by atoms with Crippen molar-refractivity contribution in [2.24, 2.45) is 5.92 Å². The van der Waals surface area contributed by atoms with Crippen LogP contribution in [0.15, 0.2) is 89.3 Å². The minimum Gasteiger partial charge on any atom is -0.546 e. The van der Waals surface area contributed by atoms with Gasteiger partial charge >= 0.3 is 0 Å². The van der Waals surface area contributed by atoms with Gasteiger partial charge in [0, 0.05) is 17.0 Å². The number of carboxylic acids is 1. The number of aromatic nitrogens is 1. The molecule has 1 aliphatic carbocycles. The van der Waals surface area contributed by atoms with Crippen LogP contribution in [0.5, 0.6) is 5.75 Å². The second-order valence-electron chi connectivity index (χ2n) is 9.48. The zero-order valence-corrected chi connectivity index (χ0v) is 20.3. The normalized spacial score (nSPS) is 17.9. The molecule has 5 nitrogen and oxygen atoms in total. The van der Waals surface area contributed by atoms with Gasteiger partial charge in [0.15, 0.2) is 11.7 Å². The first-order valence-electron chi connectivity index (χ1n) is 12.7. The fourth-order valence-corrected chi connectivity index (χ4v) is 5.23. The molecular weight excluding hydrogens is 450 g/mol. The third-order valence-corrected chi connectivity index (χ3v) is 6.96. The van der Waals surface area contributed by atoms with E-state index in [1.807, 2.05) is 48.5 Å². The van der Waals surface area contributed by atoms with Crippen molar-refractivity contribution in [3.63, 3.8) is 0 Å². The average Bonchev–Trinajstić information content (AvgIpc) is 3.23. The summed E-state index contributed by atoms with van der Waals surface area (Å²) in [6, 6.07) is 28.1. The summed E-state index contributed by atoms with van der Waals surface area (Å²) in [5, 5.41) is 10.8. The molecule has 1 fully saturated rings. The Morgan fingerprint density at radius 2 is 1.61 bits per heavy atom. The molecule has 2 atom stereocenters. The fraction of sp³-hybridized carbons (Fsp3) is 0.290. The molecule has 184 valence electrons. The van der Waals surface area contributed by atoms with Crippen molar-refractivity contribution in [2.45, 2.75) is 44.4 Å². The lowest BCUT2D eigenvalue weighted by Gasteiger charge is -2.23. The summed E-state index contributed by atoms with van der Waals surface area (Å²) in [5.74, 6) is 1.53. The Morgan fingerprint density at radius 3 is 2.36 bits per heavy atom. The van der Waals surface area contributed by atoms with E-state index in [0.717, 1.165) is 59.7 Å². The highest BCUT2D eigenvalue weighted by Crippen LogP contribution is 2.42. The number of carbonyl (C=O) groups is 1. The predicted octanol–water partition coefficient (Wildman–Crippen LogP) is 6.04. The van der Waals surface area contributed by atoms with Crippen LogP contribution in [0.3, 0.4) is 0 Å². The Morgan fingerprint density at radius 1 is 0.889 bits per heavy atom. The van der Waals surface area contributed by atoms with E-state index in [1.165, 1.54) is 12.8 Å². The minimum absolute atomic E-state index is 0.209. The Bertz CT molecular complexity index is 1230. The molecule has 0 spiro atoms. The fourth-order valence-electron chi connectivity index (χ4n) is 5.23. The molecule has 0 saturated heterocycles. The van der Waals surface area contributed by atoms with Crippen LogP contribution in [0.1, 0.15) is 49.5 Å². The molecule has 1 heterocycles. The zero-order chi connectivity index (χ0) is 24.7. The molecule has 3 aromatic carbocycles. The first kappa shape index (κ1) is 23.9. The maximum absolute atomic E-state index is 10.8. The SMILES string of the molecule is O=C([O-])COc1cccc(CC2CCCCCC2c2nc(-c3ccccc3)c(-c3ccccc3)o2)c1. The lowest BCUT2D eigenvalue weighted by Crippen LogP contribution is -2.28. The molecule has 0 N–H and O–H groups in total.